The van der Waals surface area contributed by atoms with Crippen LogP contribution in [0.1, 0.15) is 69.9 Å². The summed E-state index contributed by atoms with van der Waals surface area (Å²) in [6, 6.07) is -0.760. The van der Waals surface area contributed by atoms with Gasteiger partial charge in [-0.3, -0.25) is 4.98 Å². The topological polar surface area (TPSA) is 87.5 Å². The van der Waals surface area contributed by atoms with E-state index in [-0.39, 0.29) is 12.4 Å². The summed E-state index contributed by atoms with van der Waals surface area (Å²) in [5, 5.41) is 23.9. The summed E-state index contributed by atoms with van der Waals surface area (Å²) >= 11 is 0. The first-order valence-corrected chi connectivity index (χ1v) is 12.9. The fourth-order valence-electron chi connectivity index (χ4n) is 6.50. The van der Waals surface area contributed by atoms with Gasteiger partial charge in [-0.05, 0) is 68.1 Å². The monoisotopic (exact) mass is 483 g/mol. The van der Waals surface area contributed by atoms with Crippen molar-refractivity contribution in [3.8, 4) is 0 Å². The first-order chi connectivity index (χ1) is 16.3. The molecule has 3 saturated carbocycles. The molecule has 6 nitrogen and oxygen atoms in total. The minimum atomic E-state index is -4.60. The van der Waals surface area contributed by atoms with Crippen LogP contribution in [0.15, 0.2) is 12.4 Å². The Bertz CT molecular complexity index is 831. The van der Waals surface area contributed by atoms with Crippen LogP contribution >= 0.6 is 0 Å². The molecular formula is C25H36F3N3O3. The Balaban J connectivity index is 1.03. The standard InChI is InChI=1S/C25H36F3N3O3/c26-25(27,28)21-11-29-12-22(31-21)30-19-13-34-20(24(33)23(19)32)10-15-8-14(9-15)4-5-17-6-7-18(17)16-2-1-3-16/h11-12,14-20,23-24,32-33H,1-10,13H2,(H,30,31)/t14?,15?,17?,18?,19-,20?,23+,24-/m0/s1. The summed E-state index contributed by atoms with van der Waals surface area (Å²) in [6.45, 7) is 0.0845. The van der Waals surface area contributed by atoms with Crippen molar-refractivity contribution in [3.05, 3.63) is 18.1 Å². The van der Waals surface area contributed by atoms with Gasteiger partial charge in [0.1, 0.15) is 18.0 Å². The molecule has 1 aromatic rings. The number of nitrogens with zero attached hydrogens (tertiary/aromatic N) is 2. The Morgan fingerprint density at radius 3 is 2.44 bits per heavy atom. The van der Waals surface area contributed by atoms with E-state index in [0.29, 0.717) is 18.5 Å². The molecule has 3 N–H and O–H groups in total. The number of anilines is 1. The molecule has 1 aromatic heterocycles. The molecule has 4 fully saturated rings. The molecule has 0 spiro atoms. The van der Waals surface area contributed by atoms with Crippen molar-refractivity contribution in [1.29, 1.82) is 0 Å². The number of ether oxygens (including phenoxy) is 1. The zero-order chi connectivity index (χ0) is 23.9. The van der Waals surface area contributed by atoms with Crippen molar-refractivity contribution in [2.24, 2.45) is 29.6 Å². The van der Waals surface area contributed by atoms with E-state index in [1.165, 1.54) is 44.9 Å². The van der Waals surface area contributed by atoms with Crippen LogP contribution < -0.4 is 5.32 Å². The van der Waals surface area contributed by atoms with Gasteiger partial charge in [0.2, 0.25) is 0 Å². The van der Waals surface area contributed by atoms with Gasteiger partial charge in [0.25, 0.3) is 0 Å². The number of aliphatic hydroxyl groups is 2. The Kier molecular flexibility index (Phi) is 7.06. The summed E-state index contributed by atoms with van der Waals surface area (Å²) < 4.78 is 44.4. The largest absolute Gasteiger partial charge is 0.434 e. The van der Waals surface area contributed by atoms with Crippen molar-refractivity contribution >= 4 is 5.82 Å². The Morgan fingerprint density at radius 2 is 1.79 bits per heavy atom. The molecule has 34 heavy (non-hydrogen) atoms. The van der Waals surface area contributed by atoms with Crippen molar-refractivity contribution in [3.63, 3.8) is 0 Å². The smallest absolute Gasteiger partial charge is 0.388 e. The molecule has 190 valence electrons. The normalized spacial score (nSPS) is 38.5. The molecule has 1 saturated heterocycles. The predicted molar refractivity (Wildman–Crippen MR) is 120 cm³/mol. The highest BCUT2D eigenvalue weighted by Gasteiger charge is 2.43. The fourth-order valence-corrected chi connectivity index (χ4v) is 6.50. The predicted octanol–water partition coefficient (Wildman–Crippen LogP) is 4.42. The van der Waals surface area contributed by atoms with Crippen LogP contribution in [-0.2, 0) is 10.9 Å². The van der Waals surface area contributed by atoms with E-state index in [0.717, 1.165) is 42.7 Å². The van der Waals surface area contributed by atoms with E-state index >= 15 is 0 Å². The van der Waals surface area contributed by atoms with Gasteiger partial charge in [-0.25, -0.2) is 4.98 Å². The number of hydrogen-bond acceptors (Lipinski definition) is 6. The zero-order valence-corrected chi connectivity index (χ0v) is 19.5. The number of rotatable bonds is 8. The third-order valence-electron chi connectivity index (χ3n) is 8.97. The van der Waals surface area contributed by atoms with Gasteiger partial charge in [0.15, 0.2) is 5.69 Å². The average Bonchev–Trinajstić information content (AvgIpc) is 2.72. The van der Waals surface area contributed by atoms with Crippen LogP contribution in [0.3, 0.4) is 0 Å². The van der Waals surface area contributed by atoms with Gasteiger partial charge < -0.3 is 20.3 Å². The Hall–Kier alpha value is -1.45. The summed E-state index contributed by atoms with van der Waals surface area (Å²) in [4.78, 5) is 7.08. The second-order valence-corrected chi connectivity index (χ2v) is 11.1. The molecule has 0 amide bonds. The summed E-state index contributed by atoms with van der Waals surface area (Å²) in [6.07, 6.45) is 7.38. The van der Waals surface area contributed by atoms with Crippen LogP contribution in [0, 0.1) is 29.6 Å². The molecule has 4 aliphatic rings. The molecule has 9 heteroatoms. The maximum Gasteiger partial charge on any atom is 0.434 e. The Morgan fingerprint density at radius 1 is 1.00 bits per heavy atom. The lowest BCUT2D eigenvalue weighted by molar-refractivity contribution is -0.150. The molecule has 0 bridgehead atoms. The molecule has 0 radical (unpaired) electrons. The van der Waals surface area contributed by atoms with E-state index in [4.69, 9.17) is 4.74 Å². The number of aliphatic hydroxyl groups excluding tert-OH is 2. The molecular weight excluding hydrogens is 447 g/mol. The lowest BCUT2D eigenvalue weighted by atomic mass is 9.59. The molecule has 2 heterocycles. The van der Waals surface area contributed by atoms with E-state index in [1.54, 1.807) is 0 Å². The van der Waals surface area contributed by atoms with Crippen LogP contribution in [0.2, 0.25) is 0 Å². The maximum absolute atomic E-state index is 12.9. The minimum absolute atomic E-state index is 0.0845. The lowest BCUT2D eigenvalue weighted by Gasteiger charge is -2.47. The molecule has 3 aliphatic carbocycles. The van der Waals surface area contributed by atoms with Crippen molar-refractivity contribution < 1.29 is 28.1 Å². The highest BCUT2D eigenvalue weighted by Crippen LogP contribution is 2.51. The SMILES string of the molecule is O[C@@H]1[C@@H](Nc2cncc(C(F)(F)F)n2)COC(CC2CC(CCC3CCC3C3CCC3)C2)[C@@H]1O. The van der Waals surface area contributed by atoms with Crippen LogP contribution in [0.4, 0.5) is 19.0 Å². The van der Waals surface area contributed by atoms with E-state index in [2.05, 4.69) is 15.3 Å². The molecule has 3 unspecified atom stereocenters. The first kappa shape index (κ1) is 24.3. The van der Waals surface area contributed by atoms with Gasteiger partial charge >= 0.3 is 6.18 Å². The highest BCUT2D eigenvalue weighted by molar-refractivity contribution is 5.34. The minimum Gasteiger partial charge on any atom is -0.388 e. The van der Waals surface area contributed by atoms with E-state index in [1.807, 2.05) is 0 Å². The van der Waals surface area contributed by atoms with E-state index in [9.17, 15) is 23.4 Å². The van der Waals surface area contributed by atoms with Gasteiger partial charge in [0, 0.05) is 0 Å². The summed E-state index contributed by atoms with van der Waals surface area (Å²) in [5.74, 6) is 4.13. The van der Waals surface area contributed by atoms with Gasteiger partial charge in [-0.15, -0.1) is 0 Å². The number of nitrogens with one attached hydrogen (secondary N) is 1. The molecule has 6 atom stereocenters. The first-order valence-electron chi connectivity index (χ1n) is 12.9. The van der Waals surface area contributed by atoms with Gasteiger partial charge in [-0.1, -0.05) is 25.7 Å². The average molecular weight is 484 g/mol. The molecule has 0 aromatic carbocycles. The lowest BCUT2D eigenvalue weighted by Crippen LogP contribution is -2.56. The number of aromatic nitrogens is 2. The number of alkyl halides is 3. The summed E-state index contributed by atoms with van der Waals surface area (Å²) in [5.41, 5.74) is -1.11. The third-order valence-corrected chi connectivity index (χ3v) is 8.97. The quantitative estimate of drug-likeness (QED) is 0.508. The number of halogens is 3. The van der Waals surface area contributed by atoms with Crippen LogP contribution in [0.5, 0.6) is 0 Å². The van der Waals surface area contributed by atoms with Crippen molar-refractivity contribution in [2.75, 3.05) is 11.9 Å². The fraction of sp³-hybridized carbons (Fsp3) is 0.840. The van der Waals surface area contributed by atoms with Gasteiger partial charge in [-0.2, -0.15) is 13.2 Å². The Labute approximate surface area is 198 Å². The number of hydrogen-bond donors (Lipinski definition) is 3. The third kappa shape index (κ3) is 5.21. The van der Waals surface area contributed by atoms with E-state index < -0.39 is 36.2 Å². The summed E-state index contributed by atoms with van der Waals surface area (Å²) in [7, 11) is 0. The molecule has 5 rings (SSSR count). The second-order valence-electron chi connectivity index (χ2n) is 11.1. The zero-order valence-electron chi connectivity index (χ0n) is 19.5. The maximum atomic E-state index is 12.9. The van der Waals surface area contributed by atoms with Gasteiger partial charge in [0.05, 0.1) is 31.1 Å². The second kappa shape index (κ2) is 9.90. The van der Waals surface area contributed by atoms with Crippen LogP contribution in [-0.4, -0.2) is 51.1 Å². The molecule has 1 aliphatic heterocycles. The van der Waals surface area contributed by atoms with Crippen molar-refractivity contribution in [2.45, 2.75) is 94.7 Å². The van der Waals surface area contributed by atoms with Crippen LogP contribution in [0.25, 0.3) is 0 Å². The highest BCUT2D eigenvalue weighted by atomic mass is 19.4. The van der Waals surface area contributed by atoms with Crippen molar-refractivity contribution in [1.82, 2.24) is 9.97 Å².